The van der Waals surface area contributed by atoms with Crippen molar-refractivity contribution < 1.29 is 0 Å². The Hall–Kier alpha value is -0.230. The maximum atomic E-state index is 4.77. The van der Waals surface area contributed by atoms with E-state index in [4.69, 9.17) is 4.99 Å². The van der Waals surface area contributed by atoms with Crippen molar-refractivity contribution in [1.29, 1.82) is 0 Å². The predicted octanol–water partition coefficient (Wildman–Crippen LogP) is 4.28. The zero-order valence-electron chi connectivity index (χ0n) is 10.4. The van der Waals surface area contributed by atoms with E-state index in [1.165, 1.54) is 14.8 Å². The highest BCUT2D eigenvalue weighted by atomic mass is 127. The van der Waals surface area contributed by atoms with Crippen LogP contribution >= 0.6 is 34.4 Å². The van der Waals surface area contributed by atoms with Gasteiger partial charge in [0.25, 0.3) is 0 Å². The van der Waals surface area contributed by atoms with E-state index >= 15 is 0 Å². The van der Waals surface area contributed by atoms with Crippen molar-refractivity contribution >= 4 is 45.2 Å². The maximum absolute atomic E-state index is 4.77. The molecule has 1 unspecified atom stereocenters. The number of anilines is 1. The van der Waals surface area contributed by atoms with E-state index in [1.807, 2.05) is 11.8 Å². The topological polar surface area (TPSA) is 24.4 Å². The van der Waals surface area contributed by atoms with Crippen molar-refractivity contribution in [2.45, 2.75) is 32.7 Å². The molecule has 92 valence electrons. The summed E-state index contributed by atoms with van der Waals surface area (Å²) in [7, 11) is 0. The smallest absolute Gasteiger partial charge is 0.161 e. The molecule has 4 heteroatoms. The lowest BCUT2D eigenvalue weighted by molar-refractivity contribution is 0.523. The number of thioether (sulfide) groups is 1. The highest BCUT2D eigenvalue weighted by Crippen LogP contribution is 2.31. The molecule has 1 aliphatic rings. The van der Waals surface area contributed by atoms with Gasteiger partial charge in [0.15, 0.2) is 5.17 Å². The van der Waals surface area contributed by atoms with Crippen LogP contribution in [-0.2, 0) is 0 Å². The van der Waals surface area contributed by atoms with Crippen molar-refractivity contribution in [2.75, 3.05) is 11.1 Å². The minimum absolute atomic E-state index is 0.114. The van der Waals surface area contributed by atoms with E-state index in [1.54, 1.807) is 0 Å². The van der Waals surface area contributed by atoms with Gasteiger partial charge in [-0.2, -0.15) is 0 Å². The molecule has 1 aromatic rings. The maximum Gasteiger partial charge on any atom is 0.161 e. The fourth-order valence-electron chi connectivity index (χ4n) is 1.62. The van der Waals surface area contributed by atoms with Crippen molar-refractivity contribution in [3.63, 3.8) is 0 Å². The van der Waals surface area contributed by atoms with Crippen LogP contribution in [-0.4, -0.2) is 16.5 Å². The molecule has 0 saturated carbocycles. The van der Waals surface area contributed by atoms with Gasteiger partial charge >= 0.3 is 0 Å². The number of aliphatic imine (C=N–C) groups is 1. The van der Waals surface area contributed by atoms with Crippen LogP contribution in [0.3, 0.4) is 0 Å². The molecule has 17 heavy (non-hydrogen) atoms. The molecule has 0 fully saturated rings. The predicted molar refractivity (Wildman–Crippen MR) is 86.1 cm³/mol. The average molecular weight is 360 g/mol. The van der Waals surface area contributed by atoms with Crippen LogP contribution in [0, 0.1) is 10.5 Å². The quantitative estimate of drug-likeness (QED) is 0.796. The highest BCUT2D eigenvalue weighted by Gasteiger charge is 2.28. The second-order valence-corrected chi connectivity index (χ2v) is 6.85. The molecule has 1 aliphatic heterocycles. The van der Waals surface area contributed by atoms with Gasteiger partial charge in [-0.15, -0.1) is 0 Å². The number of rotatable bonds is 2. The summed E-state index contributed by atoms with van der Waals surface area (Å²) in [5, 5.41) is 4.50. The third-order valence-corrected chi connectivity index (χ3v) is 5.00. The molecule has 1 heterocycles. The Bertz CT molecular complexity index is 459. The van der Waals surface area contributed by atoms with Gasteiger partial charge in [0.1, 0.15) is 0 Å². The molecule has 0 spiro atoms. The van der Waals surface area contributed by atoms with E-state index in [0.717, 1.165) is 17.3 Å². The van der Waals surface area contributed by atoms with E-state index in [9.17, 15) is 0 Å². The van der Waals surface area contributed by atoms with E-state index in [0.29, 0.717) is 0 Å². The normalized spacial score (nSPS) is 23.6. The average Bonchev–Trinajstić information content (AvgIpc) is 2.67. The Morgan fingerprint density at radius 2 is 2.29 bits per heavy atom. The first-order valence-electron chi connectivity index (χ1n) is 5.78. The second-order valence-electron chi connectivity index (χ2n) is 4.64. The molecule has 0 aromatic heterocycles. The lowest BCUT2D eigenvalue weighted by Gasteiger charge is -2.15. The first-order chi connectivity index (χ1) is 8.02. The van der Waals surface area contributed by atoms with Crippen molar-refractivity contribution in [3.8, 4) is 0 Å². The lowest BCUT2D eigenvalue weighted by atomic mass is 10.0. The molecule has 1 N–H and O–H groups in total. The number of amidine groups is 1. The van der Waals surface area contributed by atoms with Crippen molar-refractivity contribution in [3.05, 3.63) is 27.3 Å². The van der Waals surface area contributed by atoms with Gasteiger partial charge in [-0.25, -0.2) is 0 Å². The van der Waals surface area contributed by atoms with Crippen LogP contribution in [0.4, 0.5) is 5.69 Å². The fraction of sp³-hybridized carbons (Fsp3) is 0.462. The van der Waals surface area contributed by atoms with Gasteiger partial charge in [0.05, 0.1) is 5.54 Å². The number of nitrogens with one attached hydrogen (secondary N) is 1. The molecule has 0 amide bonds. The molecular weight excluding hydrogens is 343 g/mol. The van der Waals surface area contributed by atoms with E-state index in [2.05, 4.69) is 66.9 Å². The van der Waals surface area contributed by atoms with Crippen LogP contribution in [0.25, 0.3) is 0 Å². The number of halogens is 1. The van der Waals surface area contributed by atoms with Crippen LogP contribution in [0.2, 0.25) is 0 Å². The monoisotopic (exact) mass is 360 g/mol. The Labute approximate surface area is 121 Å². The number of hydrogen-bond acceptors (Lipinski definition) is 3. The summed E-state index contributed by atoms with van der Waals surface area (Å²) in [4.78, 5) is 4.77. The minimum Gasteiger partial charge on any atom is -0.335 e. The van der Waals surface area contributed by atoms with Crippen LogP contribution < -0.4 is 5.32 Å². The van der Waals surface area contributed by atoms with Gasteiger partial charge < -0.3 is 5.32 Å². The van der Waals surface area contributed by atoms with Crippen molar-refractivity contribution in [2.24, 2.45) is 4.99 Å². The van der Waals surface area contributed by atoms with Gasteiger partial charge in [0.2, 0.25) is 0 Å². The summed E-state index contributed by atoms with van der Waals surface area (Å²) < 4.78 is 1.25. The molecule has 1 aromatic carbocycles. The first kappa shape index (κ1) is 13.2. The van der Waals surface area contributed by atoms with Gasteiger partial charge in [0, 0.05) is 15.0 Å². The number of nitrogens with zero attached hydrogens (tertiary/aromatic N) is 1. The zero-order valence-corrected chi connectivity index (χ0v) is 13.4. The summed E-state index contributed by atoms with van der Waals surface area (Å²) in [5.74, 6) is 1.08. The zero-order chi connectivity index (χ0) is 12.5. The number of aryl methyl sites for hydroxylation is 1. The summed E-state index contributed by atoms with van der Waals surface area (Å²) in [6.45, 7) is 6.54. The lowest BCUT2D eigenvalue weighted by Crippen LogP contribution is -2.20. The SMILES string of the molecule is CCC1(C)CSC(Nc2cc(I)ccc2C)=N1. The number of hydrogen-bond donors (Lipinski definition) is 1. The molecule has 2 rings (SSSR count). The Morgan fingerprint density at radius 1 is 1.53 bits per heavy atom. The Morgan fingerprint density at radius 3 is 2.94 bits per heavy atom. The standard InChI is InChI=1S/C13H17IN2S/c1-4-13(3)8-17-12(16-13)15-11-7-10(14)6-5-9(11)2/h5-7H,4,8H2,1-3H3,(H,15,16). The van der Waals surface area contributed by atoms with Crippen LogP contribution in [0.1, 0.15) is 25.8 Å². The molecular formula is C13H17IN2S. The largest absolute Gasteiger partial charge is 0.335 e. The summed E-state index contributed by atoms with van der Waals surface area (Å²) >= 11 is 4.16. The molecule has 2 nitrogen and oxygen atoms in total. The van der Waals surface area contributed by atoms with Crippen LogP contribution in [0.5, 0.6) is 0 Å². The molecule has 0 bridgehead atoms. The third-order valence-electron chi connectivity index (χ3n) is 3.09. The van der Waals surface area contributed by atoms with Gasteiger partial charge in [-0.3, -0.25) is 4.99 Å². The fourth-order valence-corrected chi connectivity index (χ4v) is 3.30. The van der Waals surface area contributed by atoms with Gasteiger partial charge in [-0.1, -0.05) is 24.8 Å². The first-order valence-corrected chi connectivity index (χ1v) is 7.85. The third kappa shape index (κ3) is 3.16. The molecule has 0 aliphatic carbocycles. The summed E-state index contributed by atoms with van der Waals surface area (Å²) in [6.07, 6.45) is 1.09. The minimum atomic E-state index is 0.114. The summed E-state index contributed by atoms with van der Waals surface area (Å²) in [5.41, 5.74) is 2.55. The van der Waals surface area contributed by atoms with Gasteiger partial charge in [-0.05, 0) is 60.6 Å². The second kappa shape index (κ2) is 5.18. The molecule has 1 atom stereocenters. The summed E-state index contributed by atoms with van der Waals surface area (Å²) in [6, 6.07) is 6.44. The van der Waals surface area contributed by atoms with E-state index < -0.39 is 0 Å². The van der Waals surface area contributed by atoms with E-state index in [-0.39, 0.29) is 5.54 Å². The highest BCUT2D eigenvalue weighted by molar-refractivity contribution is 14.1. The van der Waals surface area contributed by atoms with Crippen molar-refractivity contribution in [1.82, 2.24) is 0 Å². The number of benzene rings is 1. The van der Waals surface area contributed by atoms with Crippen LogP contribution in [0.15, 0.2) is 23.2 Å². The Kier molecular flexibility index (Phi) is 4.02. The Balaban J connectivity index is 2.17. The molecule has 0 saturated heterocycles. The molecule has 0 radical (unpaired) electrons.